The van der Waals surface area contributed by atoms with E-state index < -0.39 is 0 Å². The molecule has 1 saturated carbocycles. The molecule has 1 amide bonds. The molecule has 1 aromatic heterocycles. The van der Waals surface area contributed by atoms with Crippen LogP contribution < -0.4 is 4.90 Å². The molecule has 1 saturated heterocycles. The topological polar surface area (TPSA) is 49.3 Å². The van der Waals surface area contributed by atoms with Crippen molar-refractivity contribution in [3.05, 3.63) is 54.6 Å². The van der Waals surface area contributed by atoms with Crippen molar-refractivity contribution < 1.29 is 4.79 Å². The molecule has 0 unspecified atom stereocenters. The van der Waals surface area contributed by atoms with Gasteiger partial charge in [-0.15, -0.1) is 0 Å². The molecule has 0 N–H and O–H groups in total. The third kappa shape index (κ3) is 3.33. The summed E-state index contributed by atoms with van der Waals surface area (Å²) in [6, 6.07) is 18.5. The fraction of sp³-hybridized carbons (Fsp3) is 0.348. The zero-order chi connectivity index (χ0) is 18.9. The molecule has 5 nitrogen and oxygen atoms in total. The maximum Gasteiger partial charge on any atom is 0.226 e. The third-order valence-electron chi connectivity index (χ3n) is 5.66. The predicted molar refractivity (Wildman–Crippen MR) is 111 cm³/mol. The predicted octanol–water partition coefficient (Wildman–Crippen LogP) is 3.75. The van der Waals surface area contributed by atoms with Gasteiger partial charge in [-0.3, -0.25) is 4.79 Å². The van der Waals surface area contributed by atoms with Crippen molar-refractivity contribution in [2.75, 3.05) is 31.1 Å². The normalized spacial score (nSPS) is 17.6. The number of hydrogen-bond acceptors (Lipinski definition) is 4. The van der Waals surface area contributed by atoms with Crippen LogP contribution in [0.3, 0.4) is 0 Å². The van der Waals surface area contributed by atoms with Gasteiger partial charge in [-0.2, -0.15) is 0 Å². The first-order valence-corrected chi connectivity index (χ1v) is 10.2. The number of para-hydroxylation sites is 1. The van der Waals surface area contributed by atoms with Crippen LogP contribution in [0.4, 0.5) is 5.95 Å². The Kier molecular flexibility index (Phi) is 4.43. The van der Waals surface area contributed by atoms with Crippen molar-refractivity contribution in [2.24, 2.45) is 5.92 Å². The second-order valence-corrected chi connectivity index (χ2v) is 7.70. The minimum absolute atomic E-state index is 0.285. The van der Waals surface area contributed by atoms with E-state index in [1.54, 1.807) is 0 Å². The largest absolute Gasteiger partial charge is 0.341 e. The van der Waals surface area contributed by atoms with Gasteiger partial charge in [0.15, 0.2) is 0 Å². The van der Waals surface area contributed by atoms with Crippen LogP contribution >= 0.6 is 0 Å². The van der Waals surface area contributed by atoms with E-state index in [2.05, 4.69) is 23.1 Å². The van der Waals surface area contributed by atoms with Crippen molar-refractivity contribution in [1.82, 2.24) is 14.9 Å². The van der Waals surface area contributed by atoms with E-state index in [-0.39, 0.29) is 5.92 Å². The van der Waals surface area contributed by atoms with Crippen molar-refractivity contribution in [3.63, 3.8) is 0 Å². The van der Waals surface area contributed by atoms with Gasteiger partial charge in [0.2, 0.25) is 11.9 Å². The molecule has 1 aliphatic heterocycles. The summed E-state index contributed by atoms with van der Waals surface area (Å²) in [5, 5.41) is 1.07. The molecule has 0 atom stereocenters. The van der Waals surface area contributed by atoms with E-state index in [1.165, 1.54) is 0 Å². The molecule has 2 fully saturated rings. The molecule has 0 spiro atoms. The van der Waals surface area contributed by atoms with Crippen molar-refractivity contribution in [2.45, 2.75) is 19.3 Å². The number of anilines is 1. The van der Waals surface area contributed by atoms with E-state index in [1.807, 2.05) is 41.3 Å². The lowest BCUT2D eigenvalue weighted by atomic mass is 10.1. The summed E-state index contributed by atoms with van der Waals surface area (Å²) in [4.78, 5) is 26.5. The number of hydrogen-bond donors (Lipinski definition) is 0. The van der Waals surface area contributed by atoms with E-state index >= 15 is 0 Å². The fourth-order valence-corrected chi connectivity index (χ4v) is 3.95. The van der Waals surface area contributed by atoms with Crippen molar-refractivity contribution in [3.8, 4) is 11.3 Å². The molecule has 0 radical (unpaired) electrons. The summed E-state index contributed by atoms with van der Waals surface area (Å²) in [5.41, 5.74) is 3.03. The first kappa shape index (κ1) is 17.2. The molecule has 142 valence electrons. The number of benzene rings is 2. The molecule has 3 aromatic rings. The van der Waals surface area contributed by atoms with Gasteiger partial charge in [-0.25, -0.2) is 9.97 Å². The smallest absolute Gasteiger partial charge is 0.226 e. The first-order chi connectivity index (χ1) is 13.8. The highest BCUT2D eigenvalue weighted by Crippen LogP contribution is 2.32. The van der Waals surface area contributed by atoms with Crippen molar-refractivity contribution in [1.29, 1.82) is 0 Å². The third-order valence-corrected chi connectivity index (χ3v) is 5.66. The number of aromatic nitrogens is 2. The summed E-state index contributed by atoms with van der Waals surface area (Å²) in [5.74, 6) is 1.39. The van der Waals surface area contributed by atoms with Gasteiger partial charge < -0.3 is 9.80 Å². The lowest BCUT2D eigenvalue weighted by molar-refractivity contribution is -0.132. The fourth-order valence-electron chi connectivity index (χ4n) is 3.95. The second kappa shape index (κ2) is 7.23. The molecule has 1 aliphatic carbocycles. The number of carbonyl (C=O) groups is 1. The summed E-state index contributed by atoms with van der Waals surface area (Å²) in [6.07, 6.45) is 3.08. The lowest BCUT2D eigenvalue weighted by Gasteiger charge is -2.23. The molecular formula is C23H24N4O. The van der Waals surface area contributed by atoms with Crippen LogP contribution in [-0.4, -0.2) is 47.0 Å². The van der Waals surface area contributed by atoms with E-state index in [9.17, 15) is 4.79 Å². The summed E-state index contributed by atoms with van der Waals surface area (Å²) < 4.78 is 0. The van der Waals surface area contributed by atoms with Crippen LogP contribution in [0.25, 0.3) is 22.2 Å². The highest BCUT2D eigenvalue weighted by atomic mass is 16.2. The SMILES string of the molecule is O=C(C1CC1)N1CCCN(c2nc(-c3ccccc3)c3ccccc3n2)CC1. The molecule has 28 heavy (non-hydrogen) atoms. The van der Waals surface area contributed by atoms with Gasteiger partial charge in [-0.1, -0.05) is 48.5 Å². The number of nitrogens with zero attached hydrogens (tertiary/aromatic N) is 4. The summed E-state index contributed by atoms with van der Waals surface area (Å²) in [7, 11) is 0. The van der Waals surface area contributed by atoms with Crippen LogP contribution in [0.2, 0.25) is 0 Å². The van der Waals surface area contributed by atoms with Crippen LogP contribution in [0.1, 0.15) is 19.3 Å². The average molecular weight is 372 g/mol. The second-order valence-electron chi connectivity index (χ2n) is 7.70. The van der Waals surface area contributed by atoms with Crippen LogP contribution in [0.15, 0.2) is 54.6 Å². The number of carbonyl (C=O) groups excluding carboxylic acids is 1. The van der Waals surface area contributed by atoms with Crippen LogP contribution in [-0.2, 0) is 4.79 Å². The Labute approximate surface area is 165 Å². The molecule has 2 aromatic carbocycles. The van der Waals surface area contributed by atoms with Crippen molar-refractivity contribution >= 4 is 22.8 Å². The Hall–Kier alpha value is -2.95. The van der Waals surface area contributed by atoms with E-state index in [0.717, 1.165) is 73.6 Å². The molecule has 0 bridgehead atoms. The van der Waals surface area contributed by atoms with Crippen LogP contribution in [0, 0.1) is 5.92 Å². The van der Waals surface area contributed by atoms with E-state index in [0.29, 0.717) is 5.91 Å². The van der Waals surface area contributed by atoms with Crippen LogP contribution in [0.5, 0.6) is 0 Å². The molecule has 2 aliphatic rings. The zero-order valence-corrected chi connectivity index (χ0v) is 15.9. The zero-order valence-electron chi connectivity index (χ0n) is 15.9. The van der Waals surface area contributed by atoms with E-state index in [4.69, 9.17) is 9.97 Å². The Bertz CT molecular complexity index is 1000. The monoisotopic (exact) mass is 372 g/mol. The molecule has 2 heterocycles. The molecule has 5 rings (SSSR count). The molecule has 5 heteroatoms. The van der Waals surface area contributed by atoms with Gasteiger partial charge in [0.25, 0.3) is 0 Å². The van der Waals surface area contributed by atoms with Gasteiger partial charge in [0, 0.05) is 43.0 Å². The number of fused-ring (bicyclic) bond motifs is 1. The van der Waals surface area contributed by atoms with Gasteiger partial charge in [-0.05, 0) is 25.3 Å². The Morgan fingerprint density at radius 3 is 2.46 bits per heavy atom. The van der Waals surface area contributed by atoms with Gasteiger partial charge >= 0.3 is 0 Å². The molecular weight excluding hydrogens is 348 g/mol. The average Bonchev–Trinajstić information content (AvgIpc) is 3.60. The lowest BCUT2D eigenvalue weighted by Crippen LogP contribution is -2.36. The first-order valence-electron chi connectivity index (χ1n) is 10.2. The Balaban J connectivity index is 1.48. The standard InChI is InChI=1S/C23H24N4O/c28-22(18-11-12-18)26-13-6-14-27(16-15-26)23-24-20-10-5-4-9-19(20)21(25-23)17-7-2-1-3-8-17/h1-5,7-10,18H,6,11-16H2. The maximum atomic E-state index is 12.4. The Morgan fingerprint density at radius 2 is 1.64 bits per heavy atom. The summed E-state index contributed by atoms with van der Waals surface area (Å²) in [6.45, 7) is 3.25. The number of amides is 1. The maximum absolute atomic E-state index is 12.4. The Morgan fingerprint density at radius 1 is 0.857 bits per heavy atom. The highest BCUT2D eigenvalue weighted by Gasteiger charge is 2.34. The quantitative estimate of drug-likeness (QED) is 0.703. The number of rotatable bonds is 3. The summed E-state index contributed by atoms with van der Waals surface area (Å²) >= 11 is 0. The minimum Gasteiger partial charge on any atom is -0.341 e. The highest BCUT2D eigenvalue weighted by molar-refractivity contribution is 5.93. The van der Waals surface area contributed by atoms with Gasteiger partial charge in [0.05, 0.1) is 11.2 Å². The van der Waals surface area contributed by atoms with Gasteiger partial charge in [0.1, 0.15) is 0 Å². The minimum atomic E-state index is 0.285.